The molecule has 1 fully saturated rings. The van der Waals surface area contributed by atoms with Crippen molar-refractivity contribution in [2.24, 2.45) is 0 Å². The van der Waals surface area contributed by atoms with Crippen LogP contribution in [0.25, 0.3) is 0 Å². The number of likely N-dealkylation sites (tertiary alicyclic amines) is 1. The maximum atomic E-state index is 12.2. The van der Waals surface area contributed by atoms with Crippen LogP contribution < -0.4 is 14.8 Å². The molecule has 1 saturated heterocycles. The number of carbonyl (C=O) groups is 1. The van der Waals surface area contributed by atoms with Gasteiger partial charge in [0.1, 0.15) is 0 Å². The molecule has 5 nitrogen and oxygen atoms in total. The molecule has 0 spiro atoms. The van der Waals surface area contributed by atoms with E-state index in [4.69, 9.17) is 9.47 Å². The lowest BCUT2D eigenvalue weighted by atomic mass is 10.1. The first-order valence-corrected chi connectivity index (χ1v) is 9.72. The average molecular weight is 366 g/mol. The molecule has 0 atom stereocenters. The minimum Gasteiger partial charge on any atom is -0.454 e. The molecule has 0 saturated carbocycles. The van der Waals surface area contributed by atoms with Crippen LogP contribution >= 0.6 is 0 Å². The van der Waals surface area contributed by atoms with Gasteiger partial charge in [-0.05, 0) is 61.2 Å². The molecule has 2 aliphatic heterocycles. The summed E-state index contributed by atoms with van der Waals surface area (Å²) in [7, 11) is 0. The van der Waals surface area contributed by atoms with Gasteiger partial charge in [-0.15, -0.1) is 0 Å². The molecule has 0 unspecified atom stereocenters. The Kier molecular flexibility index (Phi) is 5.58. The monoisotopic (exact) mass is 366 g/mol. The van der Waals surface area contributed by atoms with Crippen LogP contribution in [-0.2, 0) is 24.3 Å². The zero-order valence-corrected chi connectivity index (χ0v) is 15.6. The molecule has 2 aliphatic rings. The highest BCUT2D eigenvalue weighted by Gasteiger charge is 2.14. The fourth-order valence-electron chi connectivity index (χ4n) is 3.68. The van der Waals surface area contributed by atoms with Gasteiger partial charge in [0.2, 0.25) is 12.7 Å². The van der Waals surface area contributed by atoms with Crippen molar-refractivity contribution in [2.75, 3.05) is 19.9 Å². The smallest absolute Gasteiger partial charge is 0.231 e. The summed E-state index contributed by atoms with van der Waals surface area (Å²) in [6.45, 7) is 4.25. The maximum absolute atomic E-state index is 12.2. The van der Waals surface area contributed by atoms with Crippen LogP contribution in [0.2, 0.25) is 0 Å². The molecule has 27 heavy (non-hydrogen) atoms. The molecule has 0 radical (unpaired) electrons. The highest BCUT2D eigenvalue weighted by atomic mass is 16.7. The molecular formula is C22H26N2O3. The van der Waals surface area contributed by atoms with Crippen LogP contribution in [0.3, 0.4) is 0 Å². The molecule has 4 rings (SSSR count). The molecule has 2 aromatic rings. The van der Waals surface area contributed by atoms with E-state index >= 15 is 0 Å². The number of nitrogens with one attached hydrogen (secondary N) is 1. The Balaban J connectivity index is 1.24. The van der Waals surface area contributed by atoms with Gasteiger partial charge in [-0.3, -0.25) is 9.69 Å². The van der Waals surface area contributed by atoms with Crippen LogP contribution in [-0.4, -0.2) is 30.7 Å². The number of rotatable bonds is 7. The van der Waals surface area contributed by atoms with Gasteiger partial charge < -0.3 is 14.8 Å². The summed E-state index contributed by atoms with van der Waals surface area (Å²) in [5, 5.41) is 3.03. The Morgan fingerprint density at radius 3 is 2.67 bits per heavy atom. The standard InChI is InChI=1S/C22H26N2O3/c25-22(9-7-17-6-8-20-21(13-17)27-16-26-20)23-14-18-4-3-5-19(12-18)15-24-10-1-2-11-24/h3-6,8,12-13H,1-2,7,9-11,14-16H2,(H,23,25). The number of amides is 1. The molecule has 142 valence electrons. The van der Waals surface area contributed by atoms with E-state index in [9.17, 15) is 4.79 Å². The summed E-state index contributed by atoms with van der Waals surface area (Å²) < 4.78 is 10.7. The van der Waals surface area contributed by atoms with Crippen LogP contribution in [0.5, 0.6) is 11.5 Å². The predicted molar refractivity (Wildman–Crippen MR) is 104 cm³/mol. The van der Waals surface area contributed by atoms with Gasteiger partial charge in [-0.2, -0.15) is 0 Å². The number of hydrogen-bond acceptors (Lipinski definition) is 4. The molecule has 0 aliphatic carbocycles. The third-order valence-electron chi connectivity index (χ3n) is 5.16. The van der Waals surface area contributed by atoms with E-state index < -0.39 is 0 Å². The van der Waals surface area contributed by atoms with Gasteiger partial charge >= 0.3 is 0 Å². The fraction of sp³-hybridized carbons (Fsp3) is 0.409. The summed E-state index contributed by atoms with van der Waals surface area (Å²) in [6.07, 6.45) is 3.77. The lowest BCUT2D eigenvalue weighted by molar-refractivity contribution is -0.121. The SMILES string of the molecule is O=C(CCc1ccc2c(c1)OCO2)NCc1cccc(CN2CCCC2)c1. The third-order valence-corrected chi connectivity index (χ3v) is 5.16. The Morgan fingerprint density at radius 1 is 0.963 bits per heavy atom. The number of ether oxygens (including phenoxy) is 2. The van der Waals surface area contributed by atoms with Crippen molar-refractivity contribution in [3.05, 3.63) is 59.2 Å². The first-order chi connectivity index (χ1) is 13.3. The second kappa shape index (κ2) is 8.44. The molecule has 2 heterocycles. The Labute approximate surface area is 160 Å². The van der Waals surface area contributed by atoms with E-state index in [1.165, 1.54) is 31.5 Å². The van der Waals surface area contributed by atoms with Crippen molar-refractivity contribution in [1.82, 2.24) is 10.2 Å². The molecular weight excluding hydrogens is 340 g/mol. The molecule has 1 amide bonds. The fourth-order valence-corrected chi connectivity index (χ4v) is 3.68. The van der Waals surface area contributed by atoms with Crippen LogP contribution in [0.4, 0.5) is 0 Å². The number of fused-ring (bicyclic) bond motifs is 1. The summed E-state index contributed by atoms with van der Waals surface area (Å²) in [6, 6.07) is 14.4. The Hall–Kier alpha value is -2.53. The van der Waals surface area contributed by atoms with Crippen molar-refractivity contribution in [3.63, 3.8) is 0 Å². The van der Waals surface area contributed by atoms with E-state index in [0.29, 0.717) is 19.4 Å². The highest BCUT2D eigenvalue weighted by Crippen LogP contribution is 2.32. The zero-order valence-electron chi connectivity index (χ0n) is 15.6. The van der Waals surface area contributed by atoms with Crippen molar-refractivity contribution in [1.29, 1.82) is 0 Å². The molecule has 2 aromatic carbocycles. The van der Waals surface area contributed by atoms with E-state index in [0.717, 1.165) is 29.2 Å². The largest absolute Gasteiger partial charge is 0.454 e. The number of carbonyl (C=O) groups excluding carboxylic acids is 1. The van der Waals surface area contributed by atoms with E-state index in [2.05, 4.69) is 34.5 Å². The quantitative estimate of drug-likeness (QED) is 0.817. The van der Waals surface area contributed by atoms with Crippen molar-refractivity contribution >= 4 is 5.91 Å². The third kappa shape index (κ3) is 4.80. The summed E-state index contributed by atoms with van der Waals surface area (Å²) in [5.74, 6) is 1.61. The number of hydrogen-bond donors (Lipinski definition) is 1. The van der Waals surface area contributed by atoms with Gasteiger partial charge in [0.15, 0.2) is 11.5 Å². The maximum Gasteiger partial charge on any atom is 0.231 e. The second-order valence-electron chi connectivity index (χ2n) is 7.27. The first-order valence-electron chi connectivity index (χ1n) is 9.72. The van der Waals surface area contributed by atoms with Crippen molar-refractivity contribution < 1.29 is 14.3 Å². The van der Waals surface area contributed by atoms with Crippen LogP contribution in [0.15, 0.2) is 42.5 Å². The second-order valence-corrected chi connectivity index (χ2v) is 7.27. The van der Waals surface area contributed by atoms with Crippen LogP contribution in [0.1, 0.15) is 36.0 Å². The lowest BCUT2D eigenvalue weighted by Gasteiger charge is -2.15. The van der Waals surface area contributed by atoms with Gasteiger partial charge in [0.05, 0.1) is 0 Å². The predicted octanol–water partition coefficient (Wildman–Crippen LogP) is 3.26. The molecule has 5 heteroatoms. The molecule has 0 aromatic heterocycles. The minimum atomic E-state index is 0.0672. The van der Waals surface area contributed by atoms with E-state index in [-0.39, 0.29) is 12.7 Å². The number of nitrogens with zero attached hydrogens (tertiary/aromatic N) is 1. The van der Waals surface area contributed by atoms with E-state index in [1.54, 1.807) is 0 Å². The average Bonchev–Trinajstić information content (AvgIpc) is 3.36. The number of aryl methyl sites for hydroxylation is 1. The van der Waals surface area contributed by atoms with Gasteiger partial charge in [-0.1, -0.05) is 30.3 Å². The summed E-state index contributed by atoms with van der Waals surface area (Å²) in [5.41, 5.74) is 3.56. The highest BCUT2D eigenvalue weighted by molar-refractivity contribution is 5.76. The Morgan fingerprint density at radius 2 is 1.78 bits per heavy atom. The van der Waals surface area contributed by atoms with E-state index in [1.807, 2.05) is 18.2 Å². The number of benzene rings is 2. The van der Waals surface area contributed by atoms with Crippen molar-refractivity contribution in [2.45, 2.75) is 38.8 Å². The first kappa shape index (κ1) is 17.9. The minimum absolute atomic E-state index is 0.0672. The molecule has 1 N–H and O–H groups in total. The van der Waals surface area contributed by atoms with Crippen molar-refractivity contribution in [3.8, 4) is 11.5 Å². The lowest BCUT2D eigenvalue weighted by Crippen LogP contribution is -2.23. The topological polar surface area (TPSA) is 50.8 Å². The zero-order chi connectivity index (χ0) is 18.5. The Bertz CT molecular complexity index is 800. The van der Waals surface area contributed by atoms with Gasteiger partial charge in [0, 0.05) is 19.5 Å². The van der Waals surface area contributed by atoms with Gasteiger partial charge in [0.25, 0.3) is 0 Å². The van der Waals surface area contributed by atoms with Gasteiger partial charge in [-0.25, -0.2) is 0 Å². The summed E-state index contributed by atoms with van der Waals surface area (Å²) >= 11 is 0. The van der Waals surface area contributed by atoms with Crippen LogP contribution in [0, 0.1) is 0 Å². The summed E-state index contributed by atoms with van der Waals surface area (Å²) in [4.78, 5) is 14.7. The normalized spacial score (nSPS) is 15.9. The molecule has 0 bridgehead atoms.